The standard InChI is InChI=1S/C20H28F6O/c1-17(2,3)27-18(19(21,22)23,20(24,25)26)9-13-7-12-8-14(13)16-11-5-4-10(6-11)15(12)16/h10-16H,4-9H2,1-3H3/t10?,11-,12?,13?,14-,15?,16?/m1/s1. The molecule has 1 nitrogen and oxygen atoms in total. The predicted molar refractivity (Wildman–Crippen MR) is 87.8 cm³/mol. The molecule has 4 aliphatic rings. The van der Waals surface area contributed by atoms with Crippen LogP contribution >= 0.6 is 0 Å². The van der Waals surface area contributed by atoms with Crippen molar-refractivity contribution in [2.45, 2.75) is 82.9 Å². The molecule has 0 spiro atoms. The molecule has 0 aliphatic heterocycles. The van der Waals surface area contributed by atoms with E-state index in [1.54, 1.807) is 0 Å². The molecule has 0 aromatic rings. The molecule has 0 N–H and O–H groups in total. The maximum absolute atomic E-state index is 13.9. The maximum Gasteiger partial charge on any atom is 0.426 e. The number of hydrogen-bond donors (Lipinski definition) is 0. The fourth-order valence-electron chi connectivity index (χ4n) is 7.38. The van der Waals surface area contributed by atoms with Crippen LogP contribution in [0.15, 0.2) is 0 Å². The summed E-state index contributed by atoms with van der Waals surface area (Å²) in [7, 11) is 0. The summed E-state index contributed by atoms with van der Waals surface area (Å²) >= 11 is 0. The van der Waals surface area contributed by atoms with Gasteiger partial charge in [0.1, 0.15) is 0 Å². The molecule has 0 amide bonds. The Hall–Kier alpha value is -0.460. The molecule has 0 heterocycles. The lowest BCUT2D eigenvalue weighted by Gasteiger charge is -2.46. The number of rotatable bonds is 3. The molecule has 0 radical (unpaired) electrons. The van der Waals surface area contributed by atoms with Crippen LogP contribution in [0.25, 0.3) is 0 Å². The fourth-order valence-corrected chi connectivity index (χ4v) is 7.38. The Bertz CT molecular complexity index is 575. The monoisotopic (exact) mass is 398 g/mol. The van der Waals surface area contributed by atoms with Gasteiger partial charge < -0.3 is 4.74 Å². The molecule has 0 saturated heterocycles. The second kappa shape index (κ2) is 5.79. The molecule has 7 heteroatoms. The van der Waals surface area contributed by atoms with Gasteiger partial charge in [0.2, 0.25) is 0 Å². The summed E-state index contributed by atoms with van der Waals surface area (Å²) in [6.45, 7) is 3.77. The first-order chi connectivity index (χ1) is 12.2. The second-order valence-corrected chi connectivity index (χ2v) is 10.4. The van der Waals surface area contributed by atoms with E-state index in [2.05, 4.69) is 0 Å². The normalized spacial score (nSPS) is 41.4. The number of halogens is 6. The van der Waals surface area contributed by atoms with Crippen molar-refractivity contribution in [1.82, 2.24) is 0 Å². The van der Waals surface area contributed by atoms with E-state index < -0.39 is 35.9 Å². The molecule has 4 bridgehead atoms. The van der Waals surface area contributed by atoms with Crippen molar-refractivity contribution in [3.8, 4) is 0 Å². The molecule has 0 aromatic heterocycles. The van der Waals surface area contributed by atoms with Crippen molar-refractivity contribution in [3.05, 3.63) is 0 Å². The summed E-state index contributed by atoms with van der Waals surface area (Å²) in [5, 5.41) is 0. The van der Waals surface area contributed by atoms with E-state index in [-0.39, 0.29) is 5.92 Å². The minimum Gasteiger partial charge on any atom is -0.352 e. The maximum atomic E-state index is 13.9. The molecule has 4 fully saturated rings. The average molecular weight is 398 g/mol. The summed E-state index contributed by atoms with van der Waals surface area (Å²) < 4.78 is 88.1. The van der Waals surface area contributed by atoms with Gasteiger partial charge in [-0.25, -0.2) is 0 Å². The van der Waals surface area contributed by atoms with Crippen LogP contribution in [0.1, 0.15) is 59.3 Å². The molecule has 27 heavy (non-hydrogen) atoms. The zero-order chi connectivity index (χ0) is 20.0. The minimum absolute atomic E-state index is 0.00273. The van der Waals surface area contributed by atoms with E-state index in [1.807, 2.05) is 0 Å². The molecule has 0 aromatic carbocycles. The van der Waals surface area contributed by atoms with Gasteiger partial charge in [-0.1, -0.05) is 0 Å². The smallest absolute Gasteiger partial charge is 0.352 e. The van der Waals surface area contributed by atoms with Crippen LogP contribution in [0.5, 0.6) is 0 Å². The van der Waals surface area contributed by atoms with Crippen molar-refractivity contribution < 1.29 is 31.1 Å². The lowest BCUT2D eigenvalue weighted by atomic mass is 9.65. The second-order valence-electron chi connectivity index (χ2n) is 10.4. The Balaban J connectivity index is 1.63. The van der Waals surface area contributed by atoms with Gasteiger partial charge in [0.15, 0.2) is 0 Å². The summed E-state index contributed by atoms with van der Waals surface area (Å²) in [5.74, 6) is 1.85. The highest BCUT2D eigenvalue weighted by Gasteiger charge is 2.75. The van der Waals surface area contributed by atoms with Crippen molar-refractivity contribution in [2.75, 3.05) is 0 Å². The van der Waals surface area contributed by atoms with E-state index in [4.69, 9.17) is 4.74 Å². The van der Waals surface area contributed by atoms with E-state index in [0.717, 1.165) is 19.3 Å². The molecule has 156 valence electrons. The Morgan fingerprint density at radius 3 is 1.81 bits per heavy atom. The third kappa shape index (κ3) is 2.93. The third-order valence-electron chi connectivity index (χ3n) is 7.82. The molecular weight excluding hydrogens is 370 g/mol. The van der Waals surface area contributed by atoms with E-state index in [0.29, 0.717) is 36.0 Å². The Morgan fingerprint density at radius 2 is 1.30 bits per heavy atom. The topological polar surface area (TPSA) is 9.23 Å². The largest absolute Gasteiger partial charge is 0.426 e. The first-order valence-electron chi connectivity index (χ1n) is 10.1. The van der Waals surface area contributed by atoms with Crippen molar-refractivity contribution >= 4 is 0 Å². The number of fused-ring (bicyclic) bond motifs is 9. The predicted octanol–water partition coefficient (Wildman–Crippen LogP) is 6.37. The fraction of sp³-hybridized carbons (Fsp3) is 1.00. The minimum atomic E-state index is -5.49. The number of alkyl halides is 6. The molecule has 4 aliphatic carbocycles. The Kier molecular flexibility index (Phi) is 4.25. The molecule has 5 unspecified atom stereocenters. The summed E-state index contributed by atoms with van der Waals surface area (Å²) in [4.78, 5) is 0. The zero-order valence-corrected chi connectivity index (χ0v) is 16.0. The van der Waals surface area contributed by atoms with E-state index in [9.17, 15) is 26.3 Å². The molecule has 7 atom stereocenters. The van der Waals surface area contributed by atoms with Crippen LogP contribution in [0.3, 0.4) is 0 Å². The van der Waals surface area contributed by atoms with Gasteiger partial charge in [0, 0.05) is 0 Å². The van der Waals surface area contributed by atoms with Crippen molar-refractivity contribution in [3.63, 3.8) is 0 Å². The molecule has 4 rings (SSSR count). The lowest BCUT2D eigenvalue weighted by molar-refractivity contribution is -0.404. The van der Waals surface area contributed by atoms with Crippen LogP contribution < -0.4 is 0 Å². The van der Waals surface area contributed by atoms with Crippen LogP contribution in [0, 0.1) is 41.4 Å². The van der Waals surface area contributed by atoms with E-state index >= 15 is 0 Å². The van der Waals surface area contributed by atoms with Gasteiger partial charge in [0.05, 0.1) is 5.60 Å². The van der Waals surface area contributed by atoms with Gasteiger partial charge in [-0.3, -0.25) is 0 Å². The summed E-state index contributed by atoms with van der Waals surface area (Å²) in [6, 6.07) is 0. The number of ether oxygens (including phenoxy) is 1. The quantitative estimate of drug-likeness (QED) is 0.396. The highest BCUT2D eigenvalue weighted by molar-refractivity contribution is 5.12. The van der Waals surface area contributed by atoms with Crippen LogP contribution in [0.4, 0.5) is 26.3 Å². The summed E-state index contributed by atoms with van der Waals surface area (Å²) in [5.41, 5.74) is -5.63. The molecular formula is C20H28F6O. The first-order valence-corrected chi connectivity index (χ1v) is 10.1. The zero-order valence-electron chi connectivity index (χ0n) is 16.0. The Labute approximate surface area is 156 Å². The third-order valence-corrected chi connectivity index (χ3v) is 7.82. The van der Waals surface area contributed by atoms with Gasteiger partial charge in [-0.2, -0.15) is 26.3 Å². The van der Waals surface area contributed by atoms with Gasteiger partial charge in [-0.05, 0) is 101 Å². The highest BCUT2D eigenvalue weighted by Crippen LogP contribution is 2.70. The SMILES string of the molecule is CC(C)(C)OC(CC1CC2C[C@H]1C1C2C2CC[C@@H]1C2)(C(F)(F)F)C(F)(F)F. The van der Waals surface area contributed by atoms with Crippen LogP contribution in [-0.4, -0.2) is 23.6 Å². The first kappa shape index (κ1) is 19.8. The van der Waals surface area contributed by atoms with Crippen molar-refractivity contribution in [1.29, 1.82) is 0 Å². The van der Waals surface area contributed by atoms with Crippen LogP contribution in [-0.2, 0) is 4.74 Å². The van der Waals surface area contributed by atoms with Gasteiger partial charge in [0.25, 0.3) is 5.60 Å². The highest BCUT2D eigenvalue weighted by atomic mass is 19.4. The average Bonchev–Trinajstić information content (AvgIpc) is 3.21. The Morgan fingerprint density at radius 1 is 0.741 bits per heavy atom. The molecule has 4 saturated carbocycles. The number of hydrogen-bond acceptors (Lipinski definition) is 1. The van der Waals surface area contributed by atoms with Crippen molar-refractivity contribution in [2.24, 2.45) is 41.4 Å². The lowest BCUT2D eigenvalue weighted by Crippen LogP contribution is -2.62. The van der Waals surface area contributed by atoms with Gasteiger partial charge in [-0.15, -0.1) is 0 Å². The summed E-state index contributed by atoms with van der Waals surface area (Å²) in [6.07, 6.45) is -7.23. The van der Waals surface area contributed by atoms with Gasteiger partial charge >= 0.3 is 12.4 Å². The van der Waals surface area contributed by atoms with E-state index in [1.165, 1.54) is 27.2 Å². The van der Waals surface area contributed by atoms with Crippen LogP contribution in [0.2, 0.25) is 0 Å².